The Bertz CT molecular complexity index is 1220. The van der Waals surface area contributed by atoms with Crippen molar-refractivity contribution in [3.63, 3.8) is 0 Å². The molecule has 30 heavy (non-hydrogen) atoms. The number of sulfonamides is 1. The maximum Gasteiger partial charge on any atom is 0.336 e. The Balaban J connectivity index is 1.54. The van der Waals surface area contributed by atoms with E-state index in [0.29, 0.717) is 24.4 Å². The van der Waals surface area contributed by atoms with E-state index in [4.69, 9.17) is 9.15 Å². The first kappa shape index (κ1) is 20.6. The summed E-state index contributed by atoms with van der Waals surface area (Å²) in [6, 6.07) is 11.8. The first-order chi connectivity index (χ1) is 14.4. The highest BCUT2D eigenvalue weighted by atomic mass is 32.2. The molecule has 0 amide bonds. The van der Waals surface area contributed by atoms with Crippen LogP contribution in [0.5, 0.6) is 5.75 Å². The van der Waals surface area contributed by atoms with Crippen LogP contribution < -0.4 is 10.4 Å². The Labute approximate surface area is 176 Å². The van der Waals surface area contributed by atoms with Crippen molar-refractivity contribution < 1.29 is 17.6 Å². The normalized spacial score (nSPS) is 15.4. The summed E-state index contributed by atoms with van der Waals surface area (Å²) in [7, 11) is -3.47. The smallest absolute Gasteiger partial charge is 0.336 e. The summed E-state index contributed by atoms with van der Waals surface area (Å²) in [4.78, 5) is 12.3. The number of hydrogen-bond acceptors (Lipinski definition) is 5. The van der Waals surface area contributed by atoms with E-state index in [1.807, 2.05) is 26.0 Å². The molecule has 2 aromatic carbocycles. The van der Waals surface area contributed by atoms with Crippen molar-refractivity contribution in [3.8, 4) is 5.75 Å². The number of ether oxygens (including phenoxy) is 1. The summed E-state index contributed by atoms with van der Waals surface area (Å²) in [5, 5.41) is 0.835. The van der Waals surface area contributed by atoms with Crippen LogP contribution in [0.15, 0.2) is 56.6 Å². The van der Waals surface area contributed by atoms with Crippen LogP contribution in [0.2, 0.25) is 0 Å². The molecule has 1 fully saturated rings. The molecule has 0 atom stereocenters. The zero-order valence-electron chi connectivity index (χ0n) is 17.2. The Hall–Kier alpha value is -2.64. The summed E-state index contributed by atoms with van der Waals surface area (Å²) in [5.41, 5.74) is 2.86. The number of rotatable bonds is 5. The highest BCUT2D eigenvalue weighted by molar-refractivity contribution is 7.89. The molecule has 1 aromatic heterocycles. The fourth-order valence-corrected chi connectivity index (χ4v) is 5.28. The Kier molecular flexibility index (Phi) is 5.66. The molecule has 1 aliphatic rings. The molecule has 0 bridgehead atoms. The average Bonchev–Trinajstić information content (AvgIpc) is 2.76. The van der Waals surface area contributed by atoms with Gasteiger partial charge >= 0.3 is 5.63 Å². The molecule has 1 aliphatic heterocycles. The minimum absolute atomic E-state index is 0.183. The first-order valence-electron chi connectivity index (χ1n) is 10.1. The lowest BCUT2D eigenvalue weighted by atomic mass is 10.0. The number of nitrogens with zero attached hydrogens (tertiary/aromatic N) is 1. The minimum Gasteiger partial charge on any atom is -0.489 e. The second-order valence-corrected chi connectivity index (χ2v) is 9.64. The molecule has 3 aromatic rings. The van der Waals surface area contributed by atoms with Crippen molar-refractivity contribution in [2.75, 3.05) is 13.1 Å². The molecule has 1 saturated heterocycles. The van der Waals surface area contributed by atoms with Gasteiger partial charge in [-0.1, -0.05) is 18.6 Å². The quantitative estimate of drug-likeness (QED) is 0.572. The minimum atomic E-state index is -3.47. The standard InChI is InChI=1S/C23H25NO5S/c1-16-6-11-21-18(14-22(25)29-23(21)17(16)2)15-28-19-7-9-20(10-8-19)30(26,27)24-12-4-3-5-13-24/h6-11,14H,3-5,12-13,15H2,1-2H3. The monoisotopic (exact) mass is 427 g/mol. The van der Waals surface area contributed by atoms with E-state index in [1.165, 1.54) is 6.07 Å². The fourth-order valence-electron chi connectivity index (χ4n) is 3.77. The van der Waals surface area contributed by atoms with Crippen LogP contribution in [0.4, 0.5) is 0 Å². The van der Waals surface area contributed by atoms with Crippen LogP contribution in [0.1, 0.15) is 36.0 Å². The highest BCUT2D eigenvalue weighted by Gasteiger charge is 2.25. The van der Waals surface area contributed by atoms with Crippen molar-refractivity contribution in [3.05, 3.63) is 69.6 Å². The van der Waals surface area contributed by atoms with Crippen LogP contribution in [-0.2, 0) is 16.6 Å². The summed E-state index contributed by atoms with van der Waals surface area (Å²) >= 11 is 0. The van der Waals surface area contributed by atoms with Gasteiger partial charge < -0.3 is 9.15 Å². The SMILES string of the molecule is Cc1ccc2c(COc3ccc(S(=O)(=O)N4CCCCC4)cc3)cc(=O)oc2c1C. The number of piperidine rings is 1. The van der Waals surface area contributed by atoms with Crippen LogP contribution in [0.3, 0.4) is 0 Å². The highest BCUT2D eigenvalue weighted by Crippen LogP contribution is 2.26. The van der Waals surface area contributed by atoms with E-state index in [-0.39, 0.29) is 11.5 Å². The van der Waals surface area contributed by atoms with Gasteiger partial charge in [0.2, 0.25) is 10.0 Å². The van der Waals surface area contributed by atoms with E-state index in [1.54, 1.807) is 28.6 Å². The van der Waals surface area contributed by atoms with Gasteiger partial charge in [-0.3, -0.25) is 0 Å². The predicted molar refractivity (Wildman–Crippen MR) is 115 cm³/mol. The van der Waals surface area contributed by atoms with Crippen LogP contribution in [0.25, 0.3) is 11.0 Å². The molecule has 0 N–H and O–H groups in total. The largest absolute Gasteiger partial charge is 0.489 e. The Morgan fingerprint density at radius 3 is 2.40 bits per heavy atom. The lowest BCUT2D eigenvalue weighted by Crippen LogP contribution is -2.35. The van der Waals surface area contributed by atoms with Gasteiger partial charge in [-0.15, -0.1) is 0 Å². The summed E-state index contributed by atoms with van der Waals surface area (Å²) < 4.78 is 38.3. The van der Waals surface area contributed by atoms with Gasteiger partial charge in [0.05, 0.1) is 4.90 Å². The van der Waals surface area contributed by atoms with Gasteiger partial charge in [-0.05, 0) is 62.1 Å². The molecule has 6 nitrogen and oxygen atoms in total. The van der Waals surface area contributed by atoms with E-state index in [0.717, 1.165) is 41.3 Å². The number of fused-ring (bicyclic) bond motifs is 1. The molecule has 7 heteroatoms. The molecule has 0 unspecified atom stereocenters. The molecule has 2 heterocycles. The maximum atomic E-state index is 12.8. The second kappa shape index (κ2) is 8.24. The number of benzene rings is 2. The van der Waals surface area contributed by atoms with Crippen molar-refractivity contribution in [1.82, 2.24) is 4.31 Å². The third-order valence-corrected chi connectivity index (χ3v) is 7.60. The molecule has 0 aliphatic carbocycles. The van der Waals surface area contributed by atoms with Crippen LogP contribution in [-0.4, -0.2) is 25.8 Å². The fraction of sp³-hybridized carbons (Fsp3) is 0.348. The van der Waals surface area contributed by atoms with E-state index >= 15 is 0 Å². The van der Waals surface area contributed by atoms with Crippen molar-refractivity contribution in [2.45, 2.75) is 44.6 Å². The molecule has 0 spiro atoms. The van der Waals surface area contributed by atoms with E-state index in [2.05, 4.69) is 0 Å². The molecule has 4 rings (SSSR count). The average molecular weight is 428 g/mol. The third-order valence-electron chi connectivity index (χ3n) is 5.69. The molecular weight excluding hydrogens is 402 g/mol. The second-order valence-electron chi connectivity index (χ2n) is 7.70. The van der Waals surface area contributed by atoms with Gasteiger partial charge in [-0.25, -0.2) is 13.2 Å². The van der Waals surface area contributed by atoms with Crippen molar-refractivity contribution in [1.29, 1.82) is 0 Å². The van der Waals surface area contributed by atoms with Gasteiger partial charge in [0.15, 0.2) is 0 Å². The van der Waals surface area contributed by atoms with Gasteiger partial charge in [0.25, 0.3) is 0 Å². The number of hydrogen-bond donors (Lipinski definition) is 0. The topological polar surface area (TPSA) is 76.8 Å². The maximum absolute atomic E-state index is 12.8. The van der Waals surface area contributed by atoms with E-state index < -0.39 is 15.6 Å². The third kappa shape index (κ3) is 4.00. The first-order valence-corrected chi connectivity index (χ1v) is 11.6. The molecule has 0 saturated carbocycles. The van der Waals surface area contributed by atoms with Gasteiger partial charge in [-0.2, -0.15) is 4.31 Å². The zero-order valence-corrected chi connectivity index (χ0v) is 18.0. The van der Waals surface area contributed by atoms with Gasteiger partial charge in [0.1, 0.15) is 17.9 Å². The van der Waals surface area contributed by atoms with Crippen LogP contribution in [0, 0.1) is 13.8 Å². The zero-order chi connectivity index (χ0) is 21.3. The lowest BCUT2D eigenvalue weighted by molar-refractivity contribution is 0.306. The lowest BCUT2D eigenvalue weighted by Gasteiger charge is -2.25. The summed E-state index contributed by atoms with van der Waals surface area (Å²) in [5.74, 6) is 0.540. The molecular formula is C23H25NO5S. The Morgan fingerprint density at radius 2 is 1.70 bits per heavy atom. The molecule has 0 radical (unpaired) electrons. The van der Waals surface area contributed by atoms with Gasteiger partial charge in [0, 0.05) is 30.1 Å². The summed E-state index contributed by atoms with van der Waals surface area (Å²) in [6.45, 7) is 5.22. The van der Waals surface area contributed by atoms with Crippen LogP contribution >= 0.6 is 0 Å². The van der Waals surface area contributed by atoms with Crippen molar-refractivity contribution >= 4 is 21.0 Å². The Morgan fingerprint density at radius 1 is 1.00 bits per heavy atom. The van der Waals surface area contributed by atoms with E-state index in [9.17, 15) is 13.2 Å². The summed E-state index contributed by atoms with van der Waals surface area (Å²) in [6.07, 6.45) is 2.88. The van der Waals surface area contributed by atoms with Crippen molar-refractivity contribution in [2.24, 2.45) is 0 Å². The number of aryl methyl sites for hydroxylation is 2. The predicted octanol–water partition coefficient (Wildman–Crippen LogP) is 4.16. The molecule has 158 valence electrons.